The van der Waals surface area contributed by atoms with Crippen molar-refractivity contribution in [1.29, 1.82) is 5.41 Å². The summed E-state index contributed by atoms with van der Waals surface area (Å²) in [5.41, 5.74) is 0.898. The third kappa shape index (κ3) is 6.65. The lowest BCUT2D eigenvalue weighted by molar-refractivity contribution is -0.139. The number of thiazole rings is 1. The van der Waals surface area contributed by atoms with Gasteiger partial charge < -0.3 is 15.8 Å². The van der Waals surface area contributed by atoms with E-state index in [9.17, 15) is 18.0 Å². The quantitative estimate of drug-likeness (QED) is 0.389. The topological polar surface area (TPSA) is 86.1 Å². The predicted molar refractivity (Wildman–Crippen MR) is 96.8 cm³/mol. The summed E-state index contributed by atoms with van der Waals surface area (Å²) < 4.78 is 36.8. The number of carboxylic acids is 1. The summed E-state index contributed by atoms with van der Waals surface area (Å²) >= 11 is 4.57. The van der Waals surface area contributed by atoms with Crippen molar-refractivity contribution in [3.8, 4) is 0 Å². The summed E-state index contributed by atoms with van der Waals surface area (Å²) in [5.74, 6) is -1.57. The second kappa shape index (κ2) is 8.92. The van der Waals surface area contributed by atoms with Crippen LogP contribution in [0, 0.1) is 17.2 Å². The van der Waals surface area contributed by atoms with Crippen LogP contribution in [0.1, 0.15) is 23.0 Å². The number of nitrogens with zero attached hydrogens (tertiary/aromatic N) is 1. The summed E-state index contributed by atoms with van der Waals surface area (Å²) in [5, 5.41) is 21.6. The van der Waals surface area contributed by atoms with Crippen LogP contribution >= 0.6 is 27.3 Å². The number of allylic oxidation sites excluding steroid dienone is 4. The van der Waals surface area contributed by atoms with Gasteiger partial charge in [0, 0.05) is 41.2 Å². The number of aliphatic carboxylic acids is 1. The Morgan fingerprint density at radius 2 is 2.31 bits per heavy atom. The van der Waals surface area contributed by atoms with Gasteiger partial charge in [0.2, 0.25) is 0 Å². The Bertz CT molecular complexity index is 718. The zero-order valence-corrected chi connectivity index (χ0v) is 15.9. The molecule has 0 aliphatic heterocycles. The molecule has 0 amide bonds. The average Bonchev–Trinajstić information content (AvgIpc) is 3.14. The Kier molecular flexibility index (Phi) is 7.13. The van der Waals surface area contributed by atoms with Gasteiger partial charge in [0.25, 0.3) is 0 Å². The fourth-order valence-corrected chi connectivity index (χ4v) is 3.60. The van der Waals surface area contributed by atoms with Crippen molar-refractivity contribution in [2.45, 2.75) is 25.1 Å². The van der Waals surface area contributed by atoms with Crippen LogP contribution in [0.25, 0.3) is 0 Å². The Balaban J connectivity index is 1.83. The molecule has 0 radical (unpaired) electrons. The van der Waals surface area contributed by atoms with Crippen LogP contribution in [-0.2, 0) is 11.3 Å². The molecule has 3 N–H and O–H groups in total. The summed E-state index contributed by atoms with van der Waals surface area (Å²) in [6.07, 6.45) is 0.329. The molecule has 0 saturated heterocycles. The van der Waals surface area contributed by atoms with Crippen LogP contribution in [-0.4, -0.2) is 35.0 Å². The van der Waals surface area contributed by atoms with Crippen molar-refractivity contribution >= 4 is 39.5 Å². The molecule has 1 aromatic rings. The molecule has 142 valence electrons. The molecule has 2 unspecified atom stereocenters. The van der Waals surface area contributed by atoms with Gasteiger partial charge in [-0.2, -0.15) is 13.2 Å². The maximum absolute atomic E-state index is 12.1. The number of rotatable bonds is 9. The fourth-order valence-electron chi connectivity index (χ4n) is 2.30. The minimum absolute atomic E-state index is 0.152. The minimum atomic E-state index is -4.33. The lowest BCUT2D eigenvalue weighted by Crippen LogP contribution is -2.28. The van der Waals surface area contributed by atoms with E-state index in [-0.39, 0.29) is 24.5 Å². The molecule has 0 spiro atoms. The molecule has 1 fully saturated rings. The van der Waals surface area contributed by atoms with Crippen molar-refractivity contribution in [1.82, 2.24) is 10.3 Å². The van der Waals surface area contributed by atoms with Crippen LogP contribution in [0.2, 0.25) is 0 Å². The number of carbonyl (C=O) groups is 1. The van der Waals surface area contributed by atoms with E-state index in [1.165, 1.54) is 11.3 Å². The molecule has 5 nitrogen and oxygen atoms in total. The molecule has 3 atom stereocenters. The highest BCUT2D eigenvalue weighted by atomic mass is 79.9. The van der Waals surface area contributed by atoms with Crippen LogP contribution in [0.4, 0.5) is 13.2 Å². The Hall–Kier alpha value is -1.52. The Morgan fingerprint density at radius 3 is 2.92 bits per heavy atom. The van der Waals surface area contributed by atoms with Gasteiger partial charge in [0.1, 0.15) is 10.9 Å². The van der Waals surface area contributed by atoms with E-state index in [4.69, 9.17) is 10.5 Å². The van der Waals surface area contributed by atoms with Gasteiger partial charge in [-0.3, -0.25) is 4.79 Å². The SMILES string of the molecule is N=CC(CNCc1nc([C@H]2CC2/C=C(Br)\C=C\C(F)(F)F)cs1)C(=O)O. The zero-order valence-electron chi connectivity index (χ0n) is 13.5. The van der Waals surface area contributed by atoms with Gasteiger partial charge in [-0.1, -0.05) is 22.0 Å². The maximum Gasteiger partial charge on any atom is 0.409 e. The van der Waals surface area contributed by atoms with Crippen molar-refractivity contribution < 1.29 is 23.1 Å². The third-order valence-electron chi connectivity index (χ3n) is 3.75. The first-order valence-corrected chi connectivity index (χ1v) is 9.38. The second-order valence-corrected chi connectivity index (χ2v) is 7.70. The Labute approximate surface area is 160 Å². The van der Waals surface area contributed by atoms with E-state index in [0.717, 1.165) is 29.4 Å². The first-order chi connectivity index (χ1) is 12.2. The number of aromatic nitrogens is 1. The normalized spacial score (nSPS) is 21.8. The first kappa shape index (κ1) is 20.8. The summed E-state index contributed by atoms with van der Waals surface area (Å²) in [7, 11) is 0. The van der Waals surface area contributed by atoms with E-state index in [0.29, 0.717) is 11.0 Å². The lowest BCUT2D eigenvalue weighted by atomic mass is 10.2. The van der Waals surface area contributed by atoms with E-state index in [1.54, 1.807) is 6.08 Å². The smallest absolute Gasteiger partial charge is 0.409 e. The minimum Gasteiger partial charge on any atom is -0.481 e. The van der Waals surface area contributed by atoms with E-state index in [2.05, 4.69) is 26.2 Å². The molecule has 1 heterocycles. The van der Waals surface area contributed by atoms with Crippen molar-refractivity contribution in [2.75, 3.05) is 6.54 Å². The van der Waals surface area contributed by atoms with Crippen molar-refractivity contribution in [2.24, 2.45) is 11.8 Å². The van der Waals surface area contributed by atoms with Crippen LogP contribution < -0.4 is 5.32 Å². The second-order valence-electron chi connectivity index (χ2n) is 5.84. The molecule has 1 aliphatic rings. The molecule has 0 aromatic carbocycles. The maximum atomic E-state index is 12.1. The number of hydrogen-bond acceptors (Lipinski definition) is 5. The number of halogens is 4. The van der Waals surface area contributed by atoms with Gasteiger partial charge in [-0.25, -0.2) is 4.98 Å². The van der Waals surface area contributed by atoms with Crippen molar-refractivity contribution in [3.05, 3.63) is 38.8 Å². The number of carboxylic acid groups (broad SMARTS) is 1. The molecule has 0 bridgehead atoms. The van der Waals surface area contributed by atoms with Gasteiger partial charge in [-0.15, -0.1) is 11.3 Å². The van der Waals surface area contributed by atoms with E-state index in [1.807, 2.05) is 5.38 Å². The average molecular weight is 452 g/mol. The number of nitrogens with one attached hydrogen (secondary N) is 2. The lowest BCUT2D eigenvalue weighted by Gasteiger charge is -2.06. The third-order valence-corrected chi connectivity index (χ3v) is 5.15. The number of hydrogen-bond donors (Lipinski definition) is 3. The summed E-state index contributed by atoms with van der Waals surface area (Å²) in [6, 6.07) is 0. The molecule has 1 aliphatic carbocycles. The fraction of sp³-hybridized carbons (Fsp3) is 0.438. The van der Waals surface area contributed by atoms with Gasteiger partial charge >= 0.3 is 12.1 Å². The predicted octanol–water partition coefficient (Wildman–Crippen LogP) is 4.08. The highest BCUT2D eigenvalue weighted by molar-refractivity contribution is 9.11. The zero-order chi connectivity index (χ0) is 19.3. The van der Waals surface area contributed by atoms with E-state index < -0.39 is 18.1 Å². The molecule has 1 saturated carbocycles. The van der Waals surface area contributed by atoms with Crippen LogP contribution in [0.3, 0.4) is 0 Å². The molecule has 26 heavy (non-hydrogen) atoms. The van der Waals surface area contributed by atoms with Gasteiger partial charge in [0.15, 0.2) is 0 Å². The van der Waals surface area contributed by atoms with Gasteiger partial charge in [-0.05, 0) is 18.4 Å². The molecular formula is C16H17BrF3N3O2S. The van der Waals surface area contributed by atoms with Crippen LogP contribution in [0.5, 0.6) is 0 Å². The van der Waals surface area contributed by atoms with Crippen molar-refractivity contribution in [3.63, 3.8) is 0 Å². The molecule has 2 rings (SSSR count). The number of alkyl halides is 3. The molecule has 1 aromatic heterocycles. The highest BCUT2D eigenvalue weighted by Gasteiger charge is 2.38. The summed E-state index contributed by atoms with van der Waals surface area (Å²) in [4.78, 5) is 15.3. The summed E-state index contributed by atoms with van der Waals surface area (Å²) in [6.45, 7) is 0.564. The van der Waals surface area contributed by atoms with Gasteiger partial charge in [0.05, 0.1) is 5.69 Å². The van der Waals surface area contributed by atoms with Crippen LogP contribution in [0.15, 0.2) is 28.1 Å². The molecular weight excluding hydrogens is 435 g/mol. The van der Waals surface area contributed by atoms with E-state index >= 15 is 0 Å². The molecule has 10 heteroatoms. The standard InChI is InChI=1S/C16H17BrF3N3O2S/c17-11(1-2-16(18,19)20)3-9-4-12(9)13-8-26-14(23-13)7-22-6-10(5-21)15(24)25/h1-3,5,8-10,12,21-22H,4,6-7H2,(H,24,25)/b2-1+,11-3+,21-5?/t9?,10?,12-/m0/s1. The monoisotopic (exact) mass is 451 g/mol. The largest absolute Gasteiger partial charge is 0.481 e. The Morgan fingerprint density at radius 1 is 1.58 bits per heavy atom. The first-order valence-electron chi connectivity index (χ1n) is 7.71. The highest BCUT2D eigenvalue weighted by Crippen LogP contribution is 2.49.